The van der Waals surface area contributed by atoms with E-state index < -0.39 is 0 Å². The maximum absolute atomic E-state index is 9.08. The fourth-order valence-corrected chi connectivity index (χ4v) is 3.49. The quantitative estimate of drug-likeness (QED) is 0.855. The van der Waals surface area contributed by atoms with Crippen molar-refractivity contribution in [2.45, 2.75) is 14.0 Å². The molecule has 0 atom stereocenters. The molecular formula is C23H37N5O. The van der Waals surface area contributed by atoms with Crippen molar-refractivity contribution >= 4 is 11.5 Å². The second-order valence-electron chi connectivity index (χ2n) is 7.60. The van der Waals surface area contributed by atoms with Gasteiger partial charge in [0.25, 0.3) is 0 Å². The molecule has 0 unspecified atom stereocenters. The number of hydrogen-bond acceptors (Lipinski definition) is 6. The maximum atomic E-state index is 9.08. The Morgan fingerprint density at radius 2 is 1.41 bits per heavy atom. The molecule has 29 heavy (non-hydrogen) atoms. The van der Waals surface area contributed by atoms with Gasteiger partial charge in [-0.2, -0.15) is 0 Å². The minimum Gasteiger partial charge on any atom is -0.392 e. The summed E-state index contributed by atoms with van der Waals surface area (Å²) in [6.07, 6.45) is 1.85. The minimum atomic E-state index is 0. The average Bonchev–Trinajstić information content (AvgIpc) is 2.76. The van der Waals surface area contributed by atoms with Crippen LogP contribution in [0.3, 0.4) is 0 Å². The van der Waals surface area contributed by atoms with Crippen molar-refractivity contribution in [2.24, 2.45) is 0 Å². The fourth-order valence-electron chi connectivity index (χ4n) is 3.49. The molecule has 1 aromatic heterocycles. The number of hydrogen-bond donors (Lipinski definition) is 1. The highest BCUT2D eigenvalue weighted by Gasteiger charge is 2.15. The third kappa shape index (κ3) is 6.99. The van der Waals surface area contributed by atoms with Gasteiger partial charge in [-0.15, -0.1) is 0 Å². The van der Waals surface area contributed by atoms with Crippen LogP contribution >= 0.6 is 0 Å². The van der Waals surface area contributed by atoms with Crippen molar-refractivity contribution in [1.82, 2.24) is 14.8 Å². The van der Waals surface area contributed by atoms with Crippen LogP contribution in [-0.4, -0.2) is 86.3 Å². The van der Waals surface area contributed by atoms with Crippen LogP contribution in [0.5, 0.6) is 0 Å². The van der Waals surface area contributed by atoms with Crippen LogP contribution < -0.4 is 9.80 Å². The predicted octanol–water partition coefficient (Wildman–Crippen LogP) is 2.40. The zero-order valence-corrected chi connectivity index (χ0v) is 17.2. The highest BCUT2D eigenvalue weighted by molar-refractivity contribution is 5.49. The molecule has 0 spiro atoms. The van der Waals surface area contributed by atoms with Gasteiger partial charge in [-0.1, -0.05) is 25.6 Å². The second-order valence-corrected chi connectivity index (χ2v) is 7.60. The molecule has 0 saturated carbocycles. The van der Waals surface area contributed by atoms with E-state index in [4.69, 9.17) is 5.11 Å². The monoisotopic (exact) mass is 399 g/mol. The third-order valence-corrected chi connectivity index (χ3v) is 5.44. The molecular weight excluding hydrogens is 362 g/mol. The molecule has 2 aliphatic heterocycles. The van der Waals surface area contributed by atoms with Crippen molar-refractivity contribution in [3.63, 3.8) is 0 Å². The van der Waals surface area contributed by atoms with Gasteiger partial charge >= 0.3 is 0 Å². The van der Waals surface area contributed by atoms with E-state index in [1.54, 1.807) is 0 Å². The van der Waals surface area contributed by atoms with Gasteiger partial charge in [0.1, 0.15) is 5.82 Å². The number of rotatable bonds is 3. The number of aliphatic hydroxyl groups is 1. The number of nitrogens with zero attached hydrogens (tertiary/aromatic N) is 5. The van der Waals surface area contributed by atoms with E-state index in [9.17, 15) is 0 Å². The van der Waals surface area contributed by atoms with Gasteiger partial charge in [-0.25, -0.2) is 4.98 Å². The molecule has 2 aromatic rings. The van der Waals surface area contributed by atoms with Crippen molar-refractivity contribution in [2.75, 3.05) is 76.3 Å². The lowest BCUT2D eigenvalue weighted by molar-refractivity contribution is 0.281. The Kier molecular flexibility index (Phi) is 9.38. The first kappa shape index (κ1) is 23.1. The Morgan fingerprint density at radius 1 is 0.793 bits per heavy atom. The number of pyridine rings is 1. The molecule has 0 radical (unpaired) electrons. The van der Waals surface area contributed by atoms with Crippen LogP contribution in [0.2, 0.25) is 0 Å². The number of aromatic nitrogens is 1. The van der Waals surface area contributed by atoms with Gasteiger partial charge < -0.3 is 24.7 Å². The maximum Gasteiger partial charge on any atom is 0.128 e. The molecule has 3 heterocycles. The Labute approximate surface area is 176 Å². The predicted molar refractivity (Wildman–Crippen MR) is 123 cm³/mol. The average molecular weight is 400 g/mol. The molecule has 0 amide bonds. The molecule has 160 valence electrons. The van der Waals surface area contributed by atoms with Gasteiger partial charge in [0.05, 0.1) is 6.61 Å². The Hall–Kier alpha value is -2.15. The van der Waals surface area contributed by atoms with E-state index in [0.29, 0.717) is 0 Å². The zero-order valence-electron chi connectivity index (χ0n) is 17.2. The van der Waals surface area contributed by atoms with Crippen LogP contribution in [0.25, 0.3) is 0 Å². The topological polar surface area (TPSA) is 46.1 Å². The van der Waals surface area contributed by atoms with Crippen molar-refractivity contribution in [3.8, 4) is 0 Å². The summed E-state index contributed by atoms with van der Waals surface area (Å²) < 4.78 is 0. The highest BCUT2D eigenvalue weighted by Crippen LogP contribution is 2.17. The van der Waals surface area contributed by atoms with Crippen LogP contribution in [-0.2, 0) is 6.61 Å². The summed E-state index contributed by atoms with van der Waals surface area (Å²) in [5.74, 6) is 1.11. The smallest absolute Gasteiger partial charge is 0.128 e. The van der Waals surface area contributed by atoms with Crippen molar-refractivity contribution in [3.05, 3.63) is 54.2 Å². The molecule has 0 bridgehead atoms. The zero-order chi connectivity index (χ0) is 19.8. The van der Waals surface area contributed by atoms with E-state index in [0.717, 1.165) is 63.7 Å². The molecule has 1 N–H and O–H groups in total. The molecule has 2 fully saturated rings. The van der Waals surface area contributed by atoms with Gasteiger partial charge in [0, 0.05) is 64.2 Å². The third-order valence-electron chi connectivity index (χ3n) is 5.44. The summed E-state index contributed by atoms with van der Waals surface area (Å²) >= 11 is 0. The molecule has 0 aliphatic carbocycles. The summed E-state index contributed by atoms with van der Waals surface area (Å²) in [5, 5.41) is 9.08. The molecule has 6 nitrogen and oxygen atoms in total. The Morgan fingerprint density at radius 3 is 1.97 bits per heavy atom. The van der Waals surface area contributed by atoms with Gasteiger partial charge in [0.15, 0.2) is 0 Å². The number of likely N-dealkylation sites (N-methyl/N-ethyl adjacent to an activating group) is 2. The Balaban J connectivity index is 0.000000202. The van der Waals surface area contributed by atoms with Crippen molar-refractivity contribution in [1.29, 1.82) is 0 Å². The summed E-state index contributed by atoms with van der Waals surface area (Å²) in [6.45, 7) is 8.96. The van der Waals surface area contributed by atoms with Crippen LogP contribution in [0, 0.1) is 0 Å². The van der Waals surface area contributed by atoms with Gasteiger partial charge in [0.2, 0.25) is 0 Å². The molecule has 4 rings (SSSR count). The molecule has 2 aliphatic rings. The van der Waals surface area contributed by atoms with Crippen LogP contribution in [0.15, 0.2) is 48.7 Å². The van der Waals surface area contributed by atoms with Crippen LogP contribution in [0.4, 0.5) is 11.5 Å². The number of piperazine rings is 2. The van der Waals surface area contributed by atoms with E-state index in [1.807, 2.05) is 30.5 Å². The summed E-state index contributed by atoms with van der Waals surface area (Å²) in [6, 6.07) is 14.2. The first-order valence-corrected chi connectivity index (χ1v) is 10.1. The lowest BCUT2D eigenvalue weighted by atomic mass is 10.2. The molecule has 2 saturated heterocycles. The lowest BCUT2D eigenvalue weighted by Gasteiger charge is -2.34. The fraction of sp³-hybridized carbons (Fsp3) is 0.522. The van der Waals surface area contributed by atoms with E-state index in [1.165, 1.54) is 5.69 Å². The summed E-state index contributed by atoms with van der Waals surface area (Å²) in [5.41, 5.74) is 2.22. The highest BCUT2D eigenvalue weighted by atomic mass is 16.3. The minimum absolute atomic E-state index is 0. The standard InChI is InChI=1S/C12H18N2O.C10H15N3.CH4/c1-13-5-7-14(8-6-13)12-4-2-3-11(9-12)10-15;1-12-6-8-13(9-7-12)10-4-2-3-5-11-10;/h2-4,9,15H,5-8,10H2,1H3;2-5H,6-9H2,1H3;1H4. The first-order chi connectivity index (χ1) is 13.7. The number of aliphatic hydroxyl groups excluding tert-OH is 1. The number of anilines is 2. The molecule has 1 aromatic carbocycles. The first-order valence-electron chi connectivity index (χ1n) is 10.1. The normalized spacial score (nSPS) is 17.9. The van der Waals surface area contributed by atoms with E-state index in [-0.39, 0.29) is 14.0 Å². The Bertz CT molecular complexity index is 695. The van der Waals surface area contributed by atoms with E-state index in [2.05, 4.69) is 56.9 Å². The molecule has 6 heteroatoms. The number of benzene rings is 1. The van der Waals surface area contributed by atoms with E-state index >= 15 is 0 Å². The summed E-state index contributed by atoms with van der Waals surface area (Å²) in [4.78, 5) is 13.7. The summed E-state index contributed by atoms with van der Waals surface area (Å²) in [7, 11) is 4.32. The van der Waals surface area contributed by atoms with Crippen LogP contribution in [0.1, 0.15) is 13.0 Å². The van der Waals surface area contributed by atoms with Crippen molar-refractivity contribution < 1.29 is 5.11 Å². The van der Waals surface area contributed by atoms with Gasteiger partial charge in [-0.3, -0.25) is 0 Å². The largest absolute Gasteiger partial charge is 0.392 e. The lowest BCUT2D eigenvalue weighted by Crippen LogP contribution is -2.44. The SMILES string of the molecule is C.CN1CCN(c2cccc(CO)c2)CC1.CN1CCN(c2ccccn2)CC1. The van der Waals surface area contributed by atoms with Gasteiger partial charge in [-0.05, 0) is 43.9 Å². The second kappa shape index (κ2) is 11.8.